The summed E-state index contributed by atoms with van der Waals surface area (Å²) >= 11 is 6.71. The number of hydrogen-bond donors (Lipinski definition) is 1. The highest BCUT2D eigenvalue weighted by atomic mass is 35.5. The van der Waals surface area contributed by atoms with E-state index in [4.69, 9.17) is 11.6 Å². The van der Waals surface area contributed by atoms with Gasteiger partial charge in [-0.3, -0.25) is 14.4 Å². The van der Waals surface area contributed by atoms with E-state index >= 15 is 0 Å². The highest BCUT2D eigenvalue weighted by Crippen LogP contribution is 2.41. The smallest absolute Gasteiger partial charge is 0.197 e. The molecule has 5 heteroatoms. The first-order valence-corrected chi connectivity index (χ1v) is 12.7. The van der Waals surface area contributed by atoms with E-state index in [9.17, 15) is 19.5 Å². The Morgan fingerprint density at radius 3 is 1.63 bits per heavy atom. The first-order valence-electron chi connectivity index (χ1n) is 12.4. The van der Waals surface area contributed by atoms with Gasteiger partial charge in [-0.2, -0.15) is 0 Å². The van der Waals surface area contributed by atoms with E-state index in [0.717, 1.165) is 21.5 Å². The number of fused-ring (bicyclic) bond motifs is 4. The minimum Gasteiger partial charge on any atom is -0.507 e. The van der Waals surface area contributed by atoms with Crippen molar-refractivity contribution in [3.05, 3.63) is 135 Å². The van der Waals surface area contributed by atoms with E-state index in [2.05, 4.69) is 0 Å². The molecule has 4 aromatic rings. The number of halogens is 1. The number of aliphatic hydroxyl groups is 1. The fourth-order valence-electron chi connectivity index (χ4n) is 5.61. The fraction of sp³-hybridized carbons (Fsp3) is 0.0606. The number of Topliss-reactive ketones (excluding diaryl/α,β-unsaturated/α-hetero) is 3. The number of carbonyl (C=O) groups is 3. The maximum atomic E-state index is 13.2. The average molecular weight is 515 g/mol. The van der Waals surface area contributed by atoms with Crippen LogP contribution < -0.4 is 0 Å². The summed E-state index contributed by atoms with van der Waals surface area (Å²) in [6, 6.07) is 22.5. The Kier molecular flexibility index (Phi) is 4.91. The van der Waals surface area contributed by atoms with E-state index in [-0.39, 0.29) is 34.3 Å². The van der Waals surface area contributed by atoms with Gasteiger partial charge in [0, 0.05) is 27.3 Å². The first kappa shape index (κ1) is 22.6. The second kappa shape index (κ2) is 8.23. The molecule has 0 saturated carbocycles. The predicted octanol–water partition coefficient (Wildman–Crippen LogP) is 7.68. The van der Waals surface area contributed by atoms with Gasteiger partial charge in [0.25, 0.3) is 0 Å². The number of carbonyl (C=O) groups excluding carboxylic acids is 3. The number of ketones is 3. The molecule has 0 atom stereocenters. The number of aliphatic hydroxyl groups excluding tert-OH is 1. The van der Waals surface area contributed by atoms with Crippen molar-refractivity contribution in [2.75, 3.05) is 0 Å². The zero-order valence-electron chi connectivity index (χ0n) is 20.0. The molecule has 0 fully saturated rings. The van der Waals surface area contributed by atoms with Crippen molar-refractivity contribution in [1.82, 2.24) is 0 Å². The fourth-order valence-corrected chi connectivity index (χ4v) is 5.91. The maximum Gasteiger partial charge on any atom is 0.197 e. The van der Waals surface area contributed by atoms with Crippen LogP contribution in [-0.2, 0) is 0 Å². The van der Waals surface area contributed by atoms with Crippen LogP contribution >= 0.6 is 11.6 Å². The maximum absolute atomic E-state index is 13.2. The van der Waals surface area contributed by atoms with E-state index in [1.165, 1.54) is 0 Å². The van der Waals surface area contributed by atoms with Gasteiger partial charge in [-0.1, -0.05) is 60.1 Å². The summed E-state index contributed by atoms with van der Waals surface area (Å²) in [5, 5.41) is 15.0. The van der Waals surface area contributed by atoms with Crippen molar-refractivity contribution in [3.63, 3.8) is 0 Å². The summed E-state index contributed by atoms with van der Waals surface area (Å²) in [6.45, 7) is 0. The summed E-state index contributed by atoms with van der Waals surface area (Å²) in [5.74, 6) is -0.933. The van der Waals surface area contributed by atoms with Gasteiger partial charge in [-0.25, -0.2) is 0 Å². The Labute approximate surface area is 222 Å². The normalized spacial score (nSPS) is 18.0. The van der Waals surface area contributed by atoms with Gasteiger partial charge < -0.3 is 5.11 Å². The summed E-state index contributed by atoms with van der Waals surface area (Å²) in [7, 11) is 0. The minimum absolute atomic E-state index is 0.0665. The molecule has 4 nitrogen and oxygen atoms in total. The predicted molar refractivity (Wildman–Crippen MR) is 149 cm³/mol. The van der Waals surface area contributed by atoms with Crippen molar-refractivity contribution in [3.8, 4) is 0 Å². The van der Waals surface area contributed by atoms with Crippen molar-refractivity contribution in [2.24, 2.45) is 0 Å². The second-order valence-corrected chi connectivity index (χ2v) is 10.2. The molecular weight excluding hydrogens is 496 g/mol. The molecule has 182 valence electrons. The molecule has 0 heterocycles. The zero-order chi connectivity index (χ0) is 26.1. The van der Waals surface area contributed by atoms with Crippen LogP contribution in [0.15, 0.2) is 112 Å². The lowest BCUT2D eigenvalue weighted by Gasteiger charge is -2.02. The Bertz CT molecular complexity index is 1880. The van der Waals surface area contributed by atoms with Crippen LogP contribution in [0.2, 0.25) is 0 Å². The molecular formula is C33H19ClO4. The van der Waals surface area contributed by atoms with Crippen LogP contribution in [-0.4, -0.2) is 22.5 Å². The topological polar surface area (TPSA) is 71.4 Å². The molecule has 0 aliphatic heterocycles. The Morgan fingerprint density at radius 2 is 1.11 bits per heavy atom. The minimum atomic E-state index is -0.306. The third-order valence-electron chi connectivity index (χ3n) is 7.61. The van der Waals surface area contributed by atoms with Crippen LogP contribution in [0.25, 0.3) is 27.3 Å². The third kappa shape index (κ3) is 3.27. The number of benzene rings is 4. The molecule has 0 spiro atoms. The molecule has 3 aliphatic rings. The van der Waals surface area contributed by atoms with Gasteiger partial charge in [-0.05, 0) is 82.0 Å². The highest BCUT2D eigenvalue weighted by Gasteiger charge is 2.35. The number of allylic oxidation sites excluding steroid dienone is 7. The molecule has 0 bridgehead atoms. The van der Waals surface area contributed by atoms with Crippen molar-refractivity contribution in [1.29, 1.82) is 0 Å². The molecule has 0 radical (unpaired) electrons. The van der Waals surface area contributed by atoms with Gasteiger partial charge in [-0.15, -0.1) is 0 Å². The van der Waals surface area contributed by atoms with Gasteiger partial charge in [0.1, 0.15) is 5.76 Å². The van der Waals surface area contributed by atoms with E-state index in [0.29, 0.717) is 51.3 Å². The van der Waals surface area contributed by atoms with Gasteiger partial charge in [0.2, 0.25) is 0 Å². The van der Waals surface area contributed by atoms with Crippen molar-refractivity contribution < 1.29 is 19.5 Å². The lowest BCUT2D eigenvalue weighted by Crippen LogP contribution is -2.01. The summed E-state index contributed by atoms with van der Waals surface area (Å²) in [4.78, 5) is 39.5. The Morgan fingerprint density at radius 1 is 0.632 bits per heavy atom. The van der Waals surface area contributed by atoms with Crippen LogP contribution in [0.1, 0.15) is 49.5 Å². The molecule has 0 aromatic heterocycles. The molecule has 38 heavy (non-hydrogen) atoms. The van der Waals surface area contributed by atoms with E-state index in [1.54, 1.807) is 30.4 Å². The van der Waals surface area contributed by atoms with Gasteiger partial charge in [0.15, 0.2) is 17.3 Å². The Balaban J connectivity index is 1.25. The number of hydrogen-bond acceptors (Lipinski definition) is 4. The third-order valence-corrected chi connectivity index (χ3v) is 8.10. The van der Waals surface area contributed by atoms with E-state index in [1.807, 2.05) is 54.6 Å². The molecule has 0 amide bonds. The number of rotatable bonds is 2. The largest absolute Gasteiger partial charge is 0.507 e. The lowest BCUT2D eigenvalue weighted by molar-refractivity contribution is 0.0986. The Hall–Kier alpha value is -4.54. The molecule has 7 rings (SSSR count). The average Bonchev–Trinajstić information content (AvgIpc) is 3.48. The van der Waals surface area contributed by atoms with Crippen LogP contribution in [0.3, 0.4) is 0 Å². The van der Waals surface area contributed by atoms with Crippen LogP contribution in [0, 0.1) is 0 Å². The standard InChI is InChI=1S/C33H19ClO4/c34-29-21(15-27-30(35)23-11-17-5-1-2-6-18(17)12-24(23)31(27)36)9-10-22(29)16-28-32(37)25-13-19-7-3-4-8-20(19)14-26(25)33(28)38/h1-8,11-16,35H,9-10H2/b21-15+. The van der Waals surface area contributed by atoms with Gasteiger partial charge in [0.05, 0.1) is 11.1 Å². The summed E-state index contributed by atoms with van der Waals surface area (Å²) < 4.78 is 0. The van der Waals surface area contributed by atoms with Crippen LogP contribution in [0.4, 0.5) is 0 Å². The summed E-state index contributed by atoms with van der Waals surface area (Å²) in [5.41, 5.74) is 3.43. The molecule has 3 aliphatic carbocycles. The van der Waals surface area contributed by atoms with Gasteiger partial charge >= 0.3 is 0 Å². The first-order chi connectivity index (χ1) is 18.4. The lowest BCUT2D eigenvalue weighted by atomic mass is 10.0. The van der Waals surface area contributed by atoms with Crippen LogP contribution in [0.5, 0.6) is 0 Å². The zero-order valence-corrected chi connectivity index (χ0v) is 20.8. The van der Waals surface area contributed by atoms with Crippen molar-refractivity contribution in [2.45, 2.75) is 12.8 Å². The second-order valence-electron chi connectivity index (χ2n) is 9.81. The molecule has 0 saturated heterocycles. The SMILES string of the molecule is O=C1C(=CC2=C(Cl)/C(=C/C3=C(O)c4cc5ccccc5cc4C3=O)CC2)C(=O)c2cc3ccccc3cc21. The summed E-state index contributed by atoms with van der Waals surface area (Å²) in [6.07, 6.45) is 4.27. The monoisotopic (exact) mass is 514 g/mol. The van der Waals surface area contributed by atoms with Crippen molar-refractivity contribution >= 4 is 56.3 Å². The quantitative estimate of drug-likeness (QED) is 0.220. The molecule has 4 aromatic carbocycles. The molecule has 0 unspecified atom stereocenters. The molecule has 1 N–H and O–H groups in total. The highest BCUT2D eigenvalue weighted by molar-refractivity contribution is 6.40. The van der Waals surface area contributed by atoms with E-state index < -0.39 is 0 Å².